The van der Waals surface area contributed by atoms with Gasteiger partial charge in [-0.2, -0.15) is 30.3 Å². The normalized spacial score (nSPS) is 10.7. The molecule has 110 valence electrons. The molecule has 0 nitrogen and oxygen atoms in total. The summed E-state index contributed by atoms with van der Waals surface area (Å²) >= 11 is 6.18. The number of benzene rings is 3. The Labute approximate surface area is 146 Å². The minimum atomic E-state index is -2.00. The first kappa shape index (κ1) is 16.4. The summed E-state index contributed by atoms with van der Waals surface area (Å²) in [6.45, 7) is 0. The Hall–Kier alpha value is -0.950. The maximum absolute atomic E-state index is 6.18. The molecule has 0 spiro atoms. The molecule has 0 atom stereocenters. The predicted octanol–water partition coefficient (Wildman–Crippen LogP) is 2.97. The molecule has 1 radical (unpaired) electrons. The van der Waals surface area contributed by atoms with Crippen LogP contribution in [0.1, 0.15) is 0 Å². The molecule has 0 aromatic heterocycles. The quantitative estimate of drug-likeness (QED) is 0.309. The molecule has 3 aromatic rings. The average Bonchev–Trinajstić information content (AvgIpc) is 2.56. The van der Waals surface area contributed by atoms with Crippen molar-refractivity contribution in [3.8, 4) is 0 Å². The van der Waals surface area contributed by atoms with Gasteiger partial charge >= 0.3 is 22.4 Å². The van der Waals surface area contributed by atoms with Crippen LogP contribution in [-0.4, -0.2) is 0 Å². The van der Waals surface area contributed by atoms with Gasteiger partial charge < -0.3 is 0 Å². The summed E-state index contributed by atoms with van der Waals surface area (Å²) in [6.07, 6.45) is 0. The number of rotatable bonds is 3. The third kappa shape index (κ3) is 3.29. The molecule has 0 saturated carbocycles. The summed E-state index contributed by atoms with van der Waals surface area (Å²) in [5, 5.41) is 3.54. The van der Waals surface area contributed by atoms with Crippen LogP contribution < -0.4 is 15.9 Å². The van der Waals surface area contributed by atoms with E-state index in [9.17, 15) is 0 Å². The van der Waals surface area contributed by atoms with Gasteiger partial charge in [-0.15, -0.1) is 5.30 Å². The molecular weight excluding hydrogens is 476 g/mol. The van der Waals surface area contributed by atoms with Gasteiger partial charge in [-0.25, -0.2) is 0 Å². The van der Waals surface area contributed by atoms with Gasteiger partial charge in [-0.05, 0) is 10.6 Å². The standard InChI is InChI=1S/C18H14PS.Au.H/c20-19(16-10-4-1-5-11-16,17-12-6-2-7-13-17)18-14-8-3-9-15-18;;/h1-14H;;/q-1;;. The van der Waals surface area contributed by atoms with Crippen molar-refractivity contribution < 1.29 is 22.4 Å². The van der Waals surface area contributed by atoms with Crippen LogP contribution in [0.4, 0.5) is 0 Å². The molecule has 0 aliphatic rings. The molecule has 0 N–H and O–H groups in total. The van der Waals surface area contributed by atoms with Gasteiger partial charge in [0.2, 0.25) is 0 Å². The van der Waals surface area contributed by atoms with Crippen LogP contribution in [0.15, 0.2) is 84.9 Å². The summed E-state index contributed by atoms with van der Waals surface area (Å²) in [5.41, 5.74) is 0. The van der Waals surface area contributed by atoms with Crippen molar-refractivity contribution in [2.24, 2.45) is 0 Å². The fraction of sp³-hybridized carbons (Fsp3) is 0. The van der Waals surface area contributed by atoms with Crippen molar-refractivity contribution in [2.45, 2.75) is 0 Å². The van der Waals surface area contributed by atoms with Crippen LogP contribution in [0, 0.1) is 6.07 Å². The van der Waals surface area contributed by atoms with Crippen LogP contribution >= 0.6 is 6.04 Å². The molecule has 0 fully saturated rings. The average molecular weight is 491 g/mol. The first-order valence-corrected chi connectivity index (χ1v) is 9.30. The van der Waals surface area contributed by atoms with E-state index in [-0.39, 0.29) is 22.4 Å². The van der Waals surface area contributed by atoms with Gasteiger partial charge in [0.25, 0.3) is 0 Å². The van der Waals surface area contributed by atoms with E-state index < -0.39 is 6.04 Å². The van der Waals surface area contributed by atoms with Gasteiger partial charge in [0.1, 0.15) is 0 Å². The van der Waals surface area contributed by atoms with Crippen LogP contribution in [0.3, 0.4) is 0 Å². The fourth-order valence-corrected chi connectivity index (χ4v) is 5.94. The Balaban J connectivity index is 0.00000161. The Morgan fingerprint density at radius 3 is 1.57 bits per heavy atom. The third-order valence-corrected chi connectivity index (χ3v) is 8.13. The third-order valence-electron chi connectivity index (χ3n) is 3.27. The molecule has 0 aliphatic carbocycles. The van der Waals surface area contributed by atoms with E-state index in [0.29, 0.717) is 0 Å². The van der Waals surface area contributed by atoms with Crippen LogP contribution in [0.25, 0.3) is 0 Å². The monoisotopic (exact) mass is 491 g/mol. The van der Waals surface area contributed by atoms with E-state index in [2.05, 4.69) is 60.7 Å². The molecule has 3 rings (SSSR count). The van der Waals surface area contributed by atoms with Crippen LogP contribution in [0.5, 0.6) is 0 Å². The molecule has 3 aromatic carbocycles. The Bertz CT molecular complexity index is 624. The van der Waals surface area contributed by atoms with Gasteiger partial charge in [0.15, 0.2) is 0 Å². The Morgan fingerprint density at radius 1 is 0.667 bits per heavy atom. The van der Waals surface area contributed by atoms with Gasteiger partial charge in [0, 0.05) is 6.04 Å². The molecule has 0 bridgehead atoms. The van der Waals surface area contributed by atoms with E-state index in [0.717, 1.165) is 5.30 Å². The van der Waals surface area contributed by atoms with Crippen molar-refractivity contribution in [2.75, 3.05) is 0 Å². The van der Waals surface area contributed by atoms with Gasteiger partial charge in [0.05, 0.1) is 0 Å². The van der Waals surface area contributed by atoms with Crippen molar-refractivity contribution in [3.63, 3.8) is 0 Å². The number of hydrogen-bond acceptors (Lipinski definition) is 1. The van der Waals surface area contributed by atoms with E-state index in [1.807, 2.05) is 30.3 Å². The summed E-state index contributed by atoms with van der Waals surface area (Å²) in [6, 6.07) is 30.2. The van der Waals surface area contributed by atoms with Crippen molar-refractivity contribution in [3.05, 3.63) is 91.0 Å². The van der Waals surface area contributed by atoms with Gasteiger partial charge in [-0.1, -0.05) is 72.5 Å². The van der Waals surface area contributed by atoms with E-state index in [1.54, 1.807) is 0 Å². The predicted molar refractivity (Wildman–Crippen MR) is 92.7 cm³/mol. The molecule has 0 heterocycles. The maximum atomic E-state index is 6.18. The van der Waals surface area contributed by atoms with E-state index in [1.165, 1.54) is 10.6 Å². The van der Waals surface area contributed by atoms with Crippen molar-refractivity contribution in [1.29, 1.82) is 0 Å². The molecule has 3 heteroatoms. The molecule has 0 unspecified atom stereocenters. The molecule has 0 aliphatic heterocycles. The first-order chi connectivity index (χ1) is 9.82. The van der Waals surface area contributed by atoms with Crippen LogP contribution in [-0.2, 0) is 34.2 Å². The zero-order valence-electron chi connectivity index (χ0n) is 11.3. The second-order valence-electron chi connectivity index (χ2n) is 4.53. The summed E-state index contributed by atoms with van der Waals surface area (Å²) in [7, 11) is 0. The Morgan fingerprint density at radius 2 is 1.14 bits per heavy atom. The van der Waals surface area contributed by atoms with E-state index in [4.69, 9.17) is 11.8 Å². The summed E-state index contributed by atoms with van der Waals surface area (Å²) in [4.78, 5) is 0. The molecule has 21 heavy (non-hydrogen) atoms. The van der Waals surface area contributed by atoms with Crippen molar-refractivity contribution in [1.82, 2.24) is 0 Å². The second-order valence-corrected chi connectivity index (χ2v) is 8.90. The first-order valence-electron chi connectivity index (χ1n) is 6.50. The minimum absolute atomic E-state index is 0. The topological polar surface area (TPSA) is 0 Å². The van der Waals surface area contributed by atoms with Crippen LogP contribution in [0.2, 0.25) is 0 Å². The number of hydrogen-bond donors (Lipinski definition) is 0. The summed E-state index contributed by atoms with van der Waals surface area (Å²) in [5.74, 6) is 0. The fourth-order valence-electron chi connectivity index (χ4n) is 2.28. The summed E-state index contributed by atoms with van der Waals surface area (Å²) < 4.78 is 0. The SMILES string of the molecule is S=P(c1[c-]cccc1)(c1ccccc1)c1ccccc1.[AuH]. The van der Waals surface area contributed by atoms with Crippen molar-refractivity contribution >= 4 is 33.8 Å². The van der Waals surface area contributed by atoms with Gasteiger partial charge in [-0.3, -0.25) is 0 Å². The van der Waals surface area contributed by atoms with E-state index >= 15 is 0 Å². The Kier molecular flexibility index (Phi) is 5.75. The zero-order valence-corrected chi connectivity index (χ0v) is 15.2. The zero-order chi connectivity index (χ0) is 13.8. The second kappa shape index (κ2) is 7.35. The molecular formula is C18H15AuPS-. The molecule has 0 amide bonds. The molecule has 0 saturated heterocycles.